The fourth-order valence-corrected chi connectivity index (χ4v) is 2.20. The number of halogens is 1. The number of carbonyl (C=O) groups excluding carboxylic acids is 1. The minimum Gasteiger partial charge on any atom is -0.497 e. The average molecular weight is 304 g/mol. The zero-order valence-corrected chi connectivity index (χ0v) is 12.9. The Bertz CT molecular complexity index is 593. The summed E-state index contributed by atoms with van der Waals surface area (Å²) in [6, 6.07) is 14.8. The van der Waals surface area contributed by atoms with E-state index in [0.717, 1.165) is 16.3 Å². The summed E-state index contributed by atoms with van der Waals surface area (Å²) in [6.07, 6.45) is 0. The first-order valence-corrected chi connectivity index (χ1v) is 7.06. The molecular weight excluding hydrogens is 286 g/mol. The number of rotatable bonds is 6. The van der Waals surface area contributed by atoms with E-state index in [1.165, 1.54) is 0 Å². The Labute approximate surface area is 130 Å². The predicted octanol–water partition coefficient (Wildman–Crippen LogP) is 3.66. The Kier molecular flexibility index (Phi) is 5.37. The molecule has 0 aliphatic rings. The van der Waals surface area contributed by atoms with E-state index in [2.05, 4.69) is 0 Å². The van der Waals surface area contributed by atoms with Crippen LogP contribution in [0.3, 0.4) is 0 Å². The topological polar surface area (TPSA) is 29.5 Å². The number of ketones is 1. The van der Waals surface area contributed by atoms with Crippen LogP contribution in [-0.4, -0.2) is 31.4 Å². The number of ether oxygens (including phenoxy) is 1. The van der Waals surface area contributed by atoms with Crippen LogP contribution in [0.25, 0.3) is 0 Å². The van der Waals surface area contributed by atoms with Crippen LogP contribution in [0.2, 0.25) is 5.02 Å². The molecule has 0 fully saturated rings. The van der Waals surface area contributed by atoms with Crippen LogP contribution in [0.4, 0.5) is 0 Å². The van der Waals surface area contributed by atoms with E-state index in [-0.39, 0.29) is 5.78 Å². The first-order chi connectivity index (χ1) is 10.1. The van der Waals surface area contributed by atoms with Crippen LogP contribution in [0.5, 0.6) is 5.75 Å². The van der Waals surface area contributed by atoms with Gasteiger partial charge in [-0.05, 0) is 49.0 Å². The van der Waals surface area contributed by atoms with Crippen molar-refractivity contribution >= 4 is 17.4 Å². The van der Waals surface area contributed by atoms with Gasteiger partial charge in [0.2, 0.25) is 0 Å². The van der Waals surface area contributed by atoms with Crippen molar-refractivity contribution < 1.29 is 9.53 Å². The Morgan fingerprint density at radius 2 is 1.71 bits per heavy atom. The van der Waals surface area contributed by atoms with Gasteiger partial charge in [0.25, 0.3) is 0 Å². The number of hydrogen-bond donors (Lipinski definition) is 0. The molecule has 0 aliphatic heterocycles. The molecule has 21 heavy (non-hydrogen) atoms. The minimum absolute atomic E-state index is 0.0918. The first kappa shape index (κ1) is 15.5. The van der Waals surface area contributed by atoms with E-state index < -0.39 is 0 Å². The maximum Gasteiger partial charge on any atom is 0.176 e. The number of hydrogen-bond acceptors (Lipinski definition) is 3. The van der Waals surface area contributed by atoms with Crippen molar-refractivity contribution in [2.45, 2.75) is 6.54 Å². The van der Waals surface area contributed by atoms with Gasteiger partial charge in [0.05, 0.1) is 13.7 Å². The zero-order valence-electron chi connectivity index (χ0n) is 12.2. The maximum atomic E-state index is 12.2. The molecule has 0 aromatic heterocycles. The third-order valence-electron chi connectivity index (χ3n) is 3.19. The minimum atomic E-state index is 0.0918. The monoisotopic (exact) mass is 303 g/mol. The van der Waals surface area contributed by atoms with Gasteiger partial charge in [0, 0.05) is 17.1 Å². The second kappa shape index (κ2) is 7.25. The summed E-state index contributed by atoms with van der Waals surface area (Å²) < 4.78 is 5.09. The van der Waals surface area contributed by atoms with Crippen molar-refractivity contribution in [3.8, 4) is 5.75 Å². The second-order valence-corrected chi connectivity index (χ2v) is 5.39. The molecule has 2 aromatic rings. The number of Topliss-reactive ketones (excluding diaryl/α,β-unsaturated/α-hetero) is 1. The van der Waals surface area contributed by atoms with Gasteiger partial charge in [-0.3, -0.25) is 9.69 Å². The highest BCUT2D eigenvalue weighted by atomic mass is 35.5. The summed E-state index contributed by atoms with van der Waals surface area (Å²) in [4.78, 5) is 14.2. The van der Waals surface area contributed by atoms with Gasteiger partial charge < -0.3 is 4.74 Å². The first-order valence-electron chi connectivity index (χ1n) is 6.68. The largest absolute Gasteiger partial charge is 0.497 e. The van der Waals surface area contributed by atoms with Crippen molar-refractivity contribution in [2.24, 2.45) is 0 Å². The molecular formula is C17H18ClNO2. The highest BCUT2D eigenvalue weighted by Crippen LogP contribution is 2.13. The highest BCUT2D eigenvalue weighted by Gasteiger charge is 2.10. The molecule has 0 spiro atoms. The van der Waals surface area contributed by atoms with Gasteiger partial charge in [-0.1, -0.05) is 23.7 Å². The molecule has 0 bridgehead atoms. The summed E-state index contributed by atoms with van der Waals surface area (Å²) in [6.45, 7) is 1.08. The predicted molar refractivity (Wildman–Crippen MR) is 85.1 cm³/mol. The van der Waals surface area contributed by atoms with Gasteiger partial charge in [-0.2, -0.15) is 0 Å². The van der Waals surface area contributed by atoms with E-state index in [4.69, 9.17) is 16.3 Å². The van der Waals surface area contributed by atoms with E-state index in [9.17, 15) is 4.79 Å². The summed E-state index contributed by atoms with van der Waals surface area (Å²) >= 11 is 5.86. The summed E-state index contributed by atoms with van der Waals surface area (Å²) in [5.41, 5.74) is 1.82. The molecule has 0 atom stereocenters. The Balaban J connectivity index is 1.93. The summed E-state index contributed by atoms with van der Waals surface area (Å²) in [5, 5.41) is 0.718. The molecule has 0 saturated heterocycles. The van der Waals surface area contributed by atoms with Crippen molar-refractivity contribution in [1.29, 1.82) is 0 Å². The van der Waals surface area contributed by atoms with Crippen molar-refractivity contribution in [3.63, 3.8) is 0 Å². The van der Waals surface area contributed by atoms with Crippen molar-refractivity contribution in [2.75, 3.05) is 20.7 Å². The normalized spacial score (nSPS) is 10.7. The summed E-state index contributed by atoms with van der Waals surface area (Å²) in [7, 11) is 3.53. The van der Waals surface area contributed by atoms with Gasteiger partial charge >= 0.3 is 0 Å². The van der Waals surface area contributed by atoms with Crippen molar-refractivity contribution in [1.82, 2.24) is 4.90 Å². The number of benzene rings is 2. The molecule has 0 heterocycles. The van der Waals surface area contributed by atoms with E-state index in [1.54, 1.807) is 31.4 Å². The third kappa shape index (κ3) is 4.59. The third-order valence-corrected chi connectivity index (χ3v) is 3.44. The van der Waals surface area contributed by atoms with E-state index in [0.29, 0.717) is 18.7 Å². The van der Waals surface area contributed by atoms with Gasteiger partial charge in [-0.15, -0.1) is 0 Å². The van der Waals surface area contributed by atoms with Gasteiger partial charge in [0.15, 0.2) is 5.78 Å². The molecule has 0 amide bonds. The zero-order chi connectivity index (χ0) is 15.2. The fourth-order valence-electron chi connectivity index (χ4n) is 2.07. The van der Waals surface area contributed by atoms with E-state index >= 15 is 0 Å². The highest BCUT2D eigenvalue weighted by molar-refractivity contribution is 6.30. The summed E-state index contributed by atoms with van der Waals surface area (Å²) in [5.74, 6) is 0.843. The number of likely N-dealkylation sites (N-methyl/N-ethyl adjacent to an activating group) is 1. The molecule has 110 valence electrons. The molecule has 2 rings (SSSR count). The van der Waals surface area contributed by atoms with Crippen LogP contribution in [0.15, 0.2) is 48.5 Å². The van der Waals surface area contributed by atoms with Gasteiger partial charge in [0.1, 0.15) is 5.75 Å². The number of methoxy groups -OCH3 is 1. The van der Waals surface area contributed by atoms with E-state index in [1.807, 2.05) is 36.2 Å². The molecule has 0 aliphatic carbocycles. The second-order valence-electron chi connectivity index (χ2n) is 4.95. The molecule has 2 aromatic carbocycles. The molecule has 0 N–H and O–H groups in total. The van der Waals surface area contributed by atoms with Crippen LogP contribution < -0.4 is 4.74 Å². The lowest BCUT2D eigenvalue weighted by molar-refractivity contribution is 0.0943. The van der Waals surface area contributed by atoms with Gasteiger partial charge in [-0.25, -0.2) is 0 Å². The molecule has 0 unspecified atom stereocenters. The lowest BCUT2D eigenvalue weighted by atomic mass is 10.1. The number of carbonyl (C=O) groups is 1. The van der Waals surface area contributed by atoms with Crippen LogP contribution in [-0.2, 0) is 6.54 Å². The van der Waals surface area contributed by atoms with Crippen molar-refractivity contribution in [3.05, 3.63) is 64.7 Å². The average Bonchev–Trinajstić information content (AvgIpc) is 2.49. The smallest absolute Gasteiger partial charge is 0.176 e. The van der Waals surface area contributed by atoms with Crippen LogP contribution in [0.1, 0.15) is 15.9 Å². The van der Waals surface area contributed by atoms with Crippen LogP contribution in [0, 0.1) is 0 Å². The maximum absolute atomic E-state index is 12.2. The quantitative estimate of drug-likeness (QED) is 0.763. The lowest BCUT2D eigenvalue weighted by Crippen LogP contribution is -2.25. The lowest BCUT2D eigenvalue weighted by Gasteiger charge is -2.16. The fraction of sp³-hybridized carbons (Fsp3) is 0.235. The Morgan fingerprint density at radius 3 is 2.29 bits per heavy atom. The standard InChI is InChI=1S/C17H18ClNO2/c1-19(11-13-3-7-15(18)8-4-13)12-17(20)14-5-9-16(21-2)10-6-14/h3-10H,11-12H2,1-2H3. The molecule has 4 heteroatoms. The Hall–Kier alpha value is -1.84. The number of nitrogens with zero attached hydrogens (tertiary/aromatic N) is 1. The molecule has 0 radical (unpaired) electrons. The molecule has 3 nitrogen and oxygen atoms in total. The molecule has 0 saturated carbocycles. The van der Waals surface area contributed by atoms with Crippen LogP contribution >= 0.6 is 11.6 Å². The Morgan fingerprint density at radius 1 is 1.10 bits per heavy atom. The SMILES string of the molecule is COc1ccc(C(=O)CN(C)Cc2ccc(Cl)cc2)cc1.